The number of benzene rings is 2. The number of primary amides is 2. The maximum absolute atomic E-state index is 11.0. The summed E-state index contributed by atoms with van der Waals surface area (Å²) < 4.78 is 2.45. The van der Waals surface area contributed by atoms with Gasteiger partial charge in [0, 0.05) is 0 Å². The van der Waals surface area contributed by atoms with E-state index in [1.165, 1.54) is 8.92 Å². The standard InChI is InChI=1S/C14H12N2O2Se2/c15-13(17)9-1-5-11(6-2-9)19-20-12-7-3-10(4-8-12)14(16)18/h1-8H,(H2,15,17)(H2,16,18). The van der Waals surface area contributed by atoms with Gasteiger partial charge in [0.05, 0.1) is 0 Å². The molecule has 20 heavy (non-hydrogen) atoms. The molecule has 0 saturated carbocycles. The summed E-state index contributed by atoms with van der Waals surface area (Å²) in [5.41, 5.74) is 11.5. The van der Waals surface area contributed by atoms with Crippen LogP contribution in [0.1, 0.15) is 20.7 Å². The average molecular weight is 398 g/mol. The molecular formula is C14H12N2O2Se2. The third-order valence-corrected chi connectivity index (χ3v) is 9.74. The van der Waals surface area contributed by atoms with Gasteiger partial charge in [-0.15, -0.1) is 0 Å². The molecule has 0 fully saturated rings. The van der Waals surface area contributed by atoms with Crippen LogP contribution in [-0.2, 0) is 0 Å². The van der Waals surface area contributed by atoms with E-state index < -0.39 is 11.8 Å². The number of carbonyl (C=O) groups is 2. The molecule has 2 rings (SSSR count). The molecule has 4 nitrogen and oxygen atoms in total. The minimum absolute atomic E-state index is 0.331. The molecule has 0 aromatic heterocycles. The van der Waals surface area contributed by atoms with Gasteiger partial charge in [0.15, 0.2) is 0 Å². The van der Waals surface area contributed by atoms with Gasteiger partial charge in [0.2, 0.25) is 0 Å². The Hall–Kier alpha value is -1.58. The zero-order chi connectivity index (χ0) is 14.5. The van der Waals surface area contributed by atoms with E-state index in [2.05, 4.69) is 0 Å². The number of amides is 2. The fraction of sp³-hybridized carbons (Fsp3) is 0. The van der Waals surface area contributed by atoms with E-state index in [1.807, 2.05) is 24.3 Å². The van der Waals surface area contributed by atoms with Gasteiger partial charge in [0.1, 0.15) is 0 Å². The molecule has 102 valence electrons. The number of hydrogen-bond acceptors (Lipinski definition) is 2. The van der Waals surface area contributed by atoms with Gasteiger partial charge in [-0.2, -0.15) is 0 Å². The molecule has 2 aromatic carbocycles. The quantitative estimate of drug-likeness (QED) is 0.644. The summed E-state index contributed by atoms with van der Waals surface area (Å²) in [7, 11) is 0. The van der Waals surface area contributed by atoms with Gasteiger partial charge in [0.25, 0.3) is 0 Å². The second-order valence-electron chi connectivity index (χ2n) is 3.94. The van der Waals surface area contributed by atoms with Crippen LogP contribution in [0.3, 0.4) is 0 Å². The summed E-state index contributed by atoms with van der Waals surface area (Å²) in [4.78, 5) is 21.9. The Morgan fingerprint density at radius 3 is 1.20 bits per heavy atom. The molecule has 0 aliphatic carbocycles. The van der Waals surface area contributed by atoms with Crippen LogP contribution in [0.2, 0.25) is 0 Å². The molecule has 0 spiro atoms. The molecule has 0 bridgehead atoms. The van der Waals surface area contributed by atoms with Crippen molar-refractivity contribution in [3.8, 4) is 0 Å². The van der Waals surface area contributed by atoms with Crippen LogP contribution < -0.4 is 20.4 Å². The van der Waals surface area contributed by atoms with Crippen molar-refractivity contribution >= 4 is 47.0 Å². The van der Waals surface area contributed by atoms with E-state index in [0.717, 1.165) is 0 Å². The Morgan fingerprint density at radius 2 is 0.950 bits per heavy atom. The molecule has 0 aliphatic rings. The average Bonchev–Trinajstić information content (AvgIpc) is 2.46. The molecule has 0 heterocycles. The zero-order valence-electron chi connectivity index (χ0n) is 10.4. The first-order valence-corrected chi connectivity index (χ1v) is 11.7. The predicted octanol–water partition coefficient (Wildman–Crippen LogP) is -0.841. The second kappa shape index (κ2) is 6.73. The van der Waals surface area contributed by atoms with Crippen molar-refractivity contribution in [2.75, 3.05) is 0 Å². The SMILES string of the molecule is NC(=O)c1ccc([Se][Se]c2ccc(C(N)=O)cc2)cc1. The van der Waals surface area contributed by atoms with Crippen LogP contribution >= 0.6 is 0 Å². The first-order chi connectivity index (χ1) is 9.56. The zero-order valence-corrected chi connectivity index (χ0v) is 13.8. The monoisotopic (exact) mass is 400 g/mol. The Morgan fingerprint density at radius 1 is 0.650 bits per heavy atom. The topological polar surface area (TPSA) is 86.2 Å². The molecule has 6 heteroatoms. The molecule has 2 amide bonds. The van der Waals surface area contributed by atoms with Crippen molar-refractivity contribution in [3.63, 3.8) is 0 Å². The van der Waals surface area contributed by atoms with E-state index in [4.69, 9.17) is 11.5 Å². The summed E-state index contributed by atoms with van der Waals surface area (Å²) >= 11 is 0.662. The fourth-order valence-electron chi connectivity index (χ4n) is 1.45. The first kappa shape index (κ1) is 14.8. The van der Waals surface area contributed by atoms with E-state index in [-0.39, 0.29) is 0 Å². The van der Waals surface area contributed by atoms with Crippen LogP contribution in [0.5, 0.6) is 0 Å². The van der Waals surface area contributed by atoms with Gasteiger partial charge in [-0.25, -0.2) is 0 Å². The van der Waals surface area contributed by atoms with Gasteiger partial charge in [-0.3, -0.25) is 0 Å². The van der Waals surface area contributed by atoms with Crippen molar-refractivity contribution in [1.29, 1.82) is 0 Å². The Kier molecular flexibility index (Phi) is 4.99. The summed E-state index contributed by atoms with van der Waals surface area (Å²) in [6, 6.07) is 14.8. The van der Waals surface area contributed by atoms with Gasteiger partial charge in [-0.05, 0) is 0 Å². The van der Waals surface area contributed by atoms with Crippen LogP contribution in [0.4, 0.5) is 0 Å². The van der Waals surface area contributed by atoms with Gasteiger partial charge < -0.3 is 0 Å². The Labute approximate surface area is 127 Å². The molecule has 0 saturated heterocycles. The van der Waals surface area contributed by atoms with E-state index in [1.54, 1.807) is 24.3 Å². The molecular weight excluding hydrogens is 386 g/mol. The van der Waals surface area contributed by atoms with Crippen LogP contribution in [-0.4, -0.2) is 38.1 Å². The van der Waals surface area contributed by atoms with Crippen LogP contribution in [0.15, 0.2) is 48.5 Å². The van der Waals surface area contributed by atoms with Crippen molar-refractivity contribution in [2.24, 2.45) is 11.5 Å². The Bertz CT molecular complexity index is 567. The van der Waals surface area contributed by atoms with Crippen molar-refractivity contribution in [1.82, 2.24) is 0 Å². The van der Waals surface area contributed by atoms with E-state index in [9.17, 15) is 9.59 Å². The number of nitrogens with two attached hydrogens (primary N) is 2. The Balaban J connectivity index is 1.97. The summed E-state index contributed by atoms with van der Waals surface area (Å²) in [6.45, 7) is 0. The number of rotatable bonds is 5. The summed E-state index contributed by atoms with van der Waals surface area (Å²) in [6.07, 6.45) is 0. The molecule has 4 N–H and O–H groups in total. The molecule has 0 radical (unpaired) electrons. The second-order valence-corrected chi connectivity index (χ2v) is 10.3. The van der Waals surface area contributed by atoms with Crippen molar-refractivity contribution < 1.29 is 9.59 Å². The summed E-state index contributed by atoms with van der Waals surface area (Å²) in [5.74, 6) is -0.812. The van der Waals surface area contributed by atoms with E-state index in [0.29, 0.717) is 37.4 Å². The number of hydrogen-bond donors (Lipinski definition) is 2. The van der Waals surface area contributed by atoms with Crippen molar-refractivity contribution in [2.45, 2.75) is 0 Å². The maximum atomic E-state index is 11.0. The third-order valence-electron chi connectivity index (χ3n) is 2.51. The molecule has 0 unspecified atom stereocenters. The summed E-state index contributed by atoms with van der Waals surface area (Å²) in [5, 5.41) is 0. The van der Waals surface area contributed by atoms with Crippen LogP contribution in [0.25, 0.3) is 0 Å². The normalized spacial score (nSPS) is 10.2. The molecule has 2 aromatic rings. The number of carbonyl (C=O) groups excluding carboxylic acids is 2. The fourth-order valence-corrected chi connectivity index (χ4v) is 7.41. The first-order valence-electron chi connectivity index (χ1n) is 5.70. The molecule has 0 atom stereocenters. The van der Waals surface area contributed by atoms with Gasteiger partial charge >= 0.3 is 128 Å². The third kappa shape index (κ3) is 3.95. The van der Waals surface area contributed by atoms with Crippen molar-refractivity contribution in [3.05, 3.63) is 59.7 Å². The van der Waals surface area contributed by atoms with Crippen LogP contribution in [0, 0.1) is 0 Å². The minimum atomic E-state index is -0.406. The van der Waals surface area contributed by atoms with Gasteiger partial charge in [-0.1, -0.05) is 0 Å². The predicted molar refractivity (Wildman–Crippen MR) is 80.7 cm³/mol. The molecule has 0 aliphatic heterocycles. The van der Waals surface area contributed by atoms with E-state index >= 15 is 0 Å².